The summed E-state index contributed by atoms with van der Waals surface area (Å²) in [4.78, 5) is 23.4. The fourth-order valence-electron chi connectivity index (χ4n) is 2.18. The second-order valence-corrected chi connectivity index (χ2v) is 5.25. The van der Waals surface area contributed by atoms with E-state index in [0.29, 0.717) is 0 Å². The summed E-state index contributed by atoms with van der Waals surface area (Å²) in [6, 6.07) is 5.95. The number of carboxylic acids is 1. The van der Waals surface area contributed by atoms with Gasteiger partial charge in [0.15, 0.2) is 0 Å². The van der Waals surface area contributed by atoms with E-state index in [1.165, 1.54) is 0 Å². The van der Waals surface area contributed by atoms with Crippen LogP contribution in [-0.2, 0) is 22.4 Å². The summed E-state index contributed by atoms with van der Waals surface area (Å²) in [6.07, 6.45) is 1.67. The molecule has 0 radical (unpaired) electrons. The molecule has 1 atom stereocenters. The molecule has 110 valence electrons. The Labute approximate surface area is 120 Å². The van der Waals surface area contributed by atoms with Crippen LogP contribution >= 0.6 is 0 Å². The maximum Gasteiger partial charge on any atom is 0.316 e. The molecule has 1 aromatic carbocycles. The molecule has 1 amide bonds. The van der Waals surface area contributed by atoms with Gasteiger partial charge in [-0.2, -0.15) is 0 Å². The number of aryl methyl sites for hydroxylation is 2. The van der Waals surface area contributed by atoms with Gasteiger partial charge in [0.2, 0.25) is 5.91 Å². The third-order valence-electron chi connectivity index (χ3n) is 3.44. The molecule has 0 aliphatic carbocycles. The number of aliphatic carboxylic acids is 1. The zero-order chi connectivity index (χ0) is 15.3. The molecule has 2 N–H and O–H groups in total. The predicted octanol–water partition coefficient (Wildman–Crippen LogP) is 3.11. The molecule has 0 saturated carbocycles. The van der Waals surface area contributed by atoms with Crippen LogP contribution in [-0.4, -0.2) is 17.0 Å². The smallest absolute Gasteiger partial charge is 0.316 e. The Hall–Kier alpha value is -1.84. The van der Waals surface area contributed by atoms with Crippen molar-refractivity contribution in [3.8, 4) is 0 Å². The molecule has 0 fully saturated rings. The average molecular weight is 277 g/mol. The minimum Gasteiger partial charge on any atom is -0.481 e. The molecule has 1 unspecified atom stereocenters. The SMILES string of the molecule is CCc1ccc(CC)c(NC(=O)C(C(=O)O)C(C)C)c1. The van der Waals surface area contributed by atoms with E-state index in [0.717, 1.165) is 29.7 Å². The Morgan fingerprint density at radius 2 is 1.85 bits per heavy atom. The Kier molecular flexibility index (Phi) is 5.74. The molecule has 0 saturated heterocycles. The molecule has 1 aromatic rings. The average Bonchev–Trinajstić information content (AvgIpc) is 2.37. The van der Waals surface area contributed by atoms with E-state index in [2.05, 4.69) is 5.32 Å². The largest absolute Gasteiger partial charge is 0.481 e. The van der Waals surface area contributed by atoms with Crippen LogP contribution in [0.4, 0.5) is 5.69 Å². The third-order valence-corrected chi connectivity index (χ3v) is 3.44. The van der Waals surface area contributed by atoms with E-state index >= 15 is 0 Å². The van der Waals surface area contributed by atoms with E-state index in [1.807, 2.05) is 32.0 Å². The molecule has 1 rings (SSSR count). The molecular formula is C16H23NO3. The molecule has 0 spiro atoms. The van der Waals surface area contributed by atoms with E-state index in [1.54, 1.807) is 13.8 Å². The maximum absolute atomic E-state index is 12.2. The van der Waals surface area contributed by atoms with Crippen molar-refractivity contribution in [2.45, 2.75) is 40.5 Å². The Bertz CT molecular complexity index is 494. The van der Waals surface area contributed by atoms with E-state index in [4.69, 9.17) is 5.11 Å². The van der Waals surface area contributed by atoms with Crippen LogP contribution in [0.1, 0.15) is 38.8 Å². The van der Waals surface area contributed by atoms with Crippen molar-refractivity contribution in [3.63, 3.8) is 0 Å². The van der Waals surface area contributed by atoms with Crippen LogP contribution in [0.2, 0.25) is 0 Å². The standard InChI is InChI=1S/C16H23NO3/c1-5-11-7-8-12(6-2)13(9-11)17-15(18)14(10(3)4)16(19)20/h7-10,14H,5-6H2,1-4H3,(H,17,18)(H,19,20). The summed E-state index contributed by atoms with van der Waals surface area (Å²) in [7, 11) is 0. The summed E-state index contributed by atoms with van der Waals surface area (Å²) in [5.74, 6) is -2.80. The zero-order valence-corrected chi connectivity index (χ0v) is 12.6. The highest BCUT2D eigenvalue weighted by Gasteiger charge is 2.29. The van der Waals surface area contributed by atoms with Crippen molar-refractivity contribution in [2.24, 2.45) is 11.8 Å². The van der Waals surface area contributed by atoms with Gasteiger partial charge in [-0.3, -0.25) is 9.59 Å². The number of carbonyl (C=O) groups excluding carboxylic acids is 1. The first-order chi connectivity index (χ1) is 9.40. The number of nitrogens with one attached hydrogen (secondary N) is 1. The highest BCUT2D eigenvalue weighted by molar-refractivity contribution is 6.04. The molecule has 4 nitrogen and oxygen atoms in total. The molecular weight excluding hydrogens is 254 g/mol. The van der Waals surface area contributed by atoms with Gasteiger partial charge < -0.3 is 10.4 Å². The molecule has 0 bridgehead atoms. The van der Waals surface area contributed by atoms with E-state index in [9.17, 15) is 9.59 Å². The highest BCUT2D eigenvalue weighted by Crippen LogP contribution is 2.21. The lowest BCUT2D eigenvalue weighted by atomic mass is 9.94. The lowest BCUT2D eigenvalue weighted by Gasteiger charge is -2.18. The maximum atomic E-state index is 12.2. The fourth-order valence-corrected chi connectivity index (χ4v) is 2.18. The number of anilines is 1. The van der Waals surface area contributed by atoms with Crippen LogP contribution in [0, 0.1) is 11.8 Å². The summed E-state index contributed by atoms with van der Waals surface area (Å²) < 4.78 is 0. The molecule has 0 aliphatic heterocycles. The Morgan fingerprint density at radius 1 is 1.20 bits per heavy atom. The fraction of sp³-hybridized carbons (Fsp3) is 0.500. The molecule has 0 heterocycles. The number of hydrogen-bond acceptors (Lipinski definition) is 2. The van der Waals surface area contributed by atoms with Crippen molar-refractivity contribution < 1.29 is 14.7 Å². The van der Waals surface area contributed by atoms with Crippen molar-refractivity contribution in [2.75, 3.05) is 5.32 Å². The van der Waals surface area contributed by atoms with Crippen LogP contribution in [0.25, 0.3) is 0 Å². The quantitative estimate of drug-likeness (QED) is 0.785. The van der Waals surface area contributed by atoms with E-state index < -0.39 is 17.8 Å². The minimum absolute atomic E-state index is 0.244. The molecule has 0 aliphatic rings. The zero-order valence-electron chi connectivity index (χ0n) is 12.6. The first-order valence-electron chi connectivity index (χ1n) is 7.06. The summed E-state index contributed by atoms with van der Waals surface area (Å²) in [5, 5.41) is 11.9. The van der Waals surface area contributed by atoms with Gasteiger partial charge >= 0.3 is 5.97 Å². The van der Waals surface area contributed by atoms with Gasteiger partial charge in [-0.25, -0.2) is 0 Å². The normalized spacial score (nSPS) is 12.2. The van der Waals surface area contributed by atoms with Gasteiger partial charge in [-0.05, 0) is 36.0 Å². The van der Waals surface area contributed by atoms with Crippen LogP contribution in [0.15, 0.2) is 18.2 Å². The number of carbonyl (C=O) groups is 2. The van der Waals surface area contributed by atoms with Gasteiger partial charge in [-0.15, -0.1) is 0 Å². The molecule has 0 aromatic heterocycles. The van der Waals surface area contributed by atoms with Gasteiger partial charge in [-0.1, -0.05) is 39.8 Å². The van der Waals surface area contributed by atoms with Crippen molar-refractivity contribution >= 4 is 17.6 Å². The van der Waals surface area contributed by atoms with Crippen molar-refractivity contribution in [3.05, 3.63) is 29.3 Å². The van der Waals surface area contributed by atoms with Gasteiger partial charge in [0, 0.05) is 5.69 Å². The van der Waals surface area contributed by atoms with Crippen molar-refractivity contribution in [1.29, 1.82) is 0 Å². The second-order valence-electron chi connectivity index (χ2n) is 5.25. The number of amides is 1. The summed E-state index contributed by atoms with van der Waals surface area (Å²) in [5.41, 5.74) is 2.86. The minimum atomic E-state index is -1.08. The first-order valence-corrected chi connectivity index (χ1v) is 7.06. The van der Waals surface area contributed by atoms with Gasteiger partial charge in [0.05, 0.1) is 0 Å². The number of rotatable bonds is 6. The summed E-state index contributed by atoms with van der Waals surface area (Å²) >= 11 is 0. The third kappa shape index (κ3) is 3.83. The number of benzene rings is 1. The van der Waals surface area contributed by atoms with Gasteiger partial charge in [0.25, 0.3) is 0 Å². The topological polar surface area (TPSA) is 66.4 Å². The Morgan fingerprint density at radius 3 is 2.30 bits per heavy atom. The lowest BCUT2D eigenvalue weighted by molar-refractivity contribution is -0.147. The highest BCUT2D eigenvalue weighted by atomic mass is 16.4. The lowest BCUT2D eigenvalue weighted by Crippen LogP contribution is -2.33. The predicted molar refractivity (Wildman–Crippen MR) is 79.8 cm³/mol. The monoisotopic (exact) mass is 277 g/mol. The summed E-state index contributed by atoms with van der Waals surface area (Å²) in [6.45, 7) is 7.53. The first kappa shape index (κ1) is 16.2. The second kappa shape index (κ2) is 7.08. The van der Waals surface area contributed by atoms with Crippen molar-refractivity contribution in [1.82, 2.24) is 0 Å². The van der Waals surface area contributed by atoms with Gasteiger partial charge in [0.1, 0.15) is 5.92 Å². The van der Waals surface area contributed by atoms with Crippen LogP contribution in [0.3, 0.4) is 0 Å². The molecule has 4 heteroatoms. The van der Waals surface area contributed by atoms with E-state index in [-0.39, 0.29) is 5.92 Å². The van der Waals surface area contributed by atoms with Crippen LogP contribution < -0.4 is 5.32 Å². The Balaban J connectivity index is 3.02. The number of hydrogen-bond donors (Lipinski definition) is 2. The number of carboxylic acid groups (broad SMARTS) is 1. The molecule has 20 heavy (non-hydrogen) atoms. The van der Waals surface area contributed by atoms with Crippen LogP contribution in [0.5, 0.6) is 0 Å².